The second-order valence-corrected chi connectivity index (χ2v) is 16.9. The molecular formula is C36H24N6O8S3. The predicted molar refractivity (Wildman–Crippen MR) is 194 cm³/mol. The maximum absolute atomic E-state index is 13.4. The van der Waals surface area contributed by atoms with Crippen LogP contribution < -0.4 is 9.44 Å². The molecular weight excluding hydrogens is 741 g/mol. The Morgan fingerprint density at radius 1 is 0.396 bits per heavy atom. The van der Waals surface area contributed by atoms with Gasteiger partial charge in [0.15, 0.2) is 0 Å². The van der Waals surface area contributed by atoms with Crippen LogP contribution in [0.3, 0.4) is 0 Å². The molecule has 0 spiro atoms. The molecule has 14 nitrogen and oxygen atoms in total. The molecule has 0 aliphatic carbocycles. The van der Waals surface area contributed by atoms with Gasteiger partial charge in [0, 0.05) is 11.1 Å². The Kier molecular flexibility index (Phi) is 8.24. The quantitative estimate of drug-likeness (QED) is 0.153. The van der Waals surface area contributed by atoms with Gasteiger partial charge in [0.25, 0.3) is 20.0 Å². The van der Waals surface area contributed by atoms with Gasteiger partial charge in [-0.3, -0.25) is 0 Å². The SMILES string of the molecule is O=S(=O)(Nc1nnc(-c2ccc(S(=O)(=O)c3ccc(-c4nnc(NS(=O)(=O)c5ccc6ccccc6c5)o4)cc3)cc2)o1)c1ccc2ccccc2c1. The van der Waals surface area contributed by atoms with Gasteiger partial charge in [-0.2, -0.15) is 0 Å². The van der Waals surface area contributed by atoms with E-state index in [1.54, 1.807) is 24.3 Å². The van der Waals surface area contributed by atoms with E-state index < -0.39 is 29.9 Å². The zero-order chi connectivity index (χ0) is 36.8. The Hall–Kier alpha value is -6.43. The number of benzene rings is 6. The second-order valence-electron chi connectivity index (χ2n) is 11.6. The lowest BCUT2D eigenvalue weighted by Gasteiger charge is -2.06. The molecule has 0 aliphatic rings. The number of sulfonamides is 2. The zero-order valence-electron chi connectivity index (χ0n) is 27.0. The van der Waals surface area contributed by atoms with E-state index in [1.165, 1.54) is 72.8 Å². The van der Waals surface area contributed by atoms with Crippen LogP contribution in [0.5, 0.6) is 0 Å². The molecule has 2 aromatic heterocycles. The average molecular weight is 765 g/mol. The van der Waals surface area contributed by atoms with Crippen molar-refractivity contribution < 1.29 is 34.1 Å². The first-order chi connectivity index (χ1) is 25.4. The Bertz CT molecular complexity index is 2800. The number of rotatable bonds is 10. The number of hydrogen-bond donors (Lipinski definition) is 2. The maximum Gasteiger partial charge on any atom is 0.330 e. The van der Waals surface area contributed by atoms with Crippen molar-refractivity contribution in [2.75, 3.05) is 9.44 Å². The van der Waals surface area contributed by atoms with Gasteiger partial charge in [0.2, 0.25) is 21.6 Å². The van der Waals surface area contributed by atoms with Crippen LogP contribution in [0.4, 0.5) is 12.0 Å². The van der Waals surface area contributed by atoms with Gasteiger partial charge in [-0.15, -0.1) is 10.2 Å². The molecule has 8 rings (SSSR count). The van der Waals surface area contributed by atoms with Gasteiger partial charge >= 0.3 is 12.0 Å². The fourth-order valence-corrected chi connectivity index (χ4v) is 8.65. The van der Waals surface area contributed by atoms with Crippen molar-refractivity contribution in [2.45, 2.75) is 19.6 Å². The van der Waals surface area contributed by atoms with Crippen LogP contribution in [0.25, 0.3) is 44.5 Å². The largest absolute Gasteiger partial charge is 0.403 e. The first-order valence-corrected chi connectivity index (χ1v) is 20.1. The summed E-state index contributed by atoms with van der Waals surface area (Å²) >= 11 is 0. The summed E-state index contributed by atoms with van der Waals surface area (Å²) in [5.41, 5.74) is 0.706. The monoisotopic (exact) mass is 764 g/mol. The van der Waals surface area contributed by atoms with E-state index >= 15 is 0 Å². The second kappa shape index (κ2) is 13.0. The predicted octanol–water partition coefficient (Wildman–Crippen LogP) is 6.53. The molecule has 0 atom stereocenters. The third-order valence-corrected chi connectivity index (χ3v) is 12.6. The Labute approximate surface area is 302 Å². The smallest absolute Gasteiger partial charge is 0.330 e. The minimum Gasteiger partial charge on any atom is -0.403 e. The molecule has 0 fully saturated rings. The van der Waals surface area contributed by atoms with Crippen molar-refractivity contribution in [3.05, 3.63) is 133 Å². The van der Waals surface area contributed by atoms with Crippen LogP contribution >= 0.6 is 0 Å². The summed E-state index contributed by atoms with van der Waals surface area (Å²) in [6.07, 6.45) is 0. The summed E-state index contributed by atoms with van der Waals surface area (Å²) in [6.45, 7) is 0. The summed E-state index contributed by atoms with van der Waals surface area (Å²) in [7, 11) is -12.1. The van der Waals surface area contributed by atoms with Crippen LogP contribution in [-0.4, -0.2) is 45.6 Å². The Morgan fingerprint density at radius 3 is 1.15 bits per heavy atom. The molecule has 6 aromatic carbocycles. The minimum absolute atomic E-state index is 0.0145. The molecule has 0 saturated carbocycles. The highest BCUT2D eigenvalue weighted by Gasteiger charge is 2.23. The van der Waals surface area contributed by atoms with Crippen molar-refractivity contribution in [1.82, 2.24) is 20.4 Å². The number of anilines is 2. The number of nitrogens with one attached hydrogen (secondary N) is 2. The lowest BCUT2D eigenvalue weighted by atomic mass is 10.1. The Morgan fingerprint density at radius 2 is 0.755 bits per heavy atom. The van der Waals surface area contributed by atoms with Crippen molar-refractivity contribution in [3.8, 4) is 22.9 Å². The Balaban J connectivity index is 0.940. The average Bonchev–Trinajstić information content (AvgIpc) is 3.84. The van der Waals surface area contributed by atoms with Crippen LogP contribution in [0.1, 0.15) is 0 Å². The highest BCUT2D eigenvalue weighted by molar-refractivity contribution is 7.93. The topological polar surface area (TPSA) is 204 Å². The van der Waals surface area contributed by atoms with E-state index in [2.05, 4.69) is 29.8 Å². The fourth-order valence-electron chi connectivity index (χ4n) is 5.47. The van der Waals surface area contributed by atoms with E-state index in [-0.39, 0.29) is 43.4 Å². The maximum atomic E-state index is 13.4. The summed E-state index contributed by atoms with van der Waals surface area (Å²) in [5.74, 6) is -0.0685. The van der Waals surface area contributed by atoms with Crippen LogP contribution in [0.15, 0.2) is 162 Å². The molecule has 17 heteroatoms. The number of nitrogens with zero attached hydrogens (tertiary/aromatic N) is 4. The summed E-state index contributed by atoms with van der Waals surface area (Å²) < 4.78 is 94.4. The van der Waals surface area contributed by atoms with Gasteiger partial charge in [0.05, 0.1) is 19.6 Å². The number of hydrogen-bond acceptors (Lipinski definition) is 12. The number of aromatic nitrogens is 4. The summed E-state index contributed by atoms with van der Waals surface area (Å²) in [5, 5.41) is 18.6. The number of fused-ring (bicyclic) bond motifs is 2. The van der Waals surface area contributed by atoms with E-state index in [1.807, 2.05) is 36.4 Å². The first-order valence-electron chi connectivity index (χ1n) is 15.6. The van der Waals surface area contributed by atoms with Gasteiger partial charge < -0.3 is 8.83 Å². The van der Waals surface area contributed by atoms with Crippen LogP contribution in [-0.2, 0) is 29.9 Å². The molecule has 0 amide bonds. The van der Waals surface area contributed by atoms with Crippen LogP contribution in [0.2, 0.25) is 0 Å². The highest BCUT2D eigenvalue weighted by atomic mass is 32.2. The van der Waals surface area contributed by atoms with Crippen molar-refractivity contribution >= 4 is 63.5 Å². The first kappa shape index (κ1) is 33.7. The van der Waals surface area contributed by atoms with Gasteiger partial charge in [-0.1, -0.05) is 70.9 Å². The normalized spacial score (nSPS) is 12.2. The highest BCUT2D eigenvalue weighted by Crippen LogP contribution is 2.29. The molecule has 8 aromatic rings. The lowest BCUT2D eigenvalue weighted by Crippen LogP contribution is -2.13. The van der Waals surface area contributed by atoms with Crippen LogP contribution in [0, 0.1) is 0 Å². The van der Waals surface area contributed by atoms with Crippen molar-refractivity contribution in [2.24, 2.45) is 0 Å². The van der Waals surface area contributed by atoms with E-state index in [0.717, 1.165) is 21.5 Å². The molecule has 0 bridgehead atoms. The summed E-state index contributed by atoms with van der Waals surface area (Å²) in [6, 6.07) is 34.6. The standard InChI is InChI=1S/C36H24N6O8S3/c43-51(44,29-15-11-25(12-16-29)33-37-39-35(49-33)41-52(45,46)31-19-9-23-5-1-3-7-27(23)21-31)30-17-13-26(14-18-30)34-38-40-36(50-34)42-53(47,48)32-20-10-24-6-2-4-8-28(24)22-32/h1-22H,(H,39,41)(H,40,42). The summed E-state index contributed by atoms with van der Waals surface area (Å²) in [4.78, 5) is -0.0378. The molecule has 2 heterocycles. The fraction of sp³-hybridized carbons (Fsp3) is 0. The molecule has 0 saturated heterocycles. The van der Waals surface area contributed by atoms with Crippen molar-refractivity contribution in [1.29, 1.82) is 0 Å². The zero-order valence-corrected chi connectivity index (χ0v) is 29.4. The van der Waals surface area contributed by atoms with E-state index in [0.29, 0.717) is 11.1 Å². The van der Waals surface area contributed by atoms with E-state index in [4.69, 9.17) is 8.83 Å². The van der Waals surface area contributed by atoms with Gasteiger partial charge in [0.1, 0.15) is 0 Å². The lowest BCUT2D eigenvalue weighted by molar-refractivity contribution is 0.575. The number of sulfone groups is 1. The third-order valence-electron chi connectivity index (χ3n) is 8.18. The van der Waals surface area contributed by atoms with Gasteiger partial charge in [-0.25, -0.2) is 34.7 Å². The molecule has 0 aliphatic heterocycles. The van der Waals surface area contributed by atoms with Gasteiger partial charge in [-0.05, 0) is 94.3 Å². The van der Waals surface area contributed by atoms with E-state index in [9.17, 15) is 25.3 Å². The minimum atomic E-state index is -4.04. The molecule has 0 unspecified atom stereocenters. The molecule has 0 radical (unpaired) electrons. The molecule has 264 valence electrons. The van der Waals surface area contributed by atoms with Crippen molar-refractivity contribution in [3.63, 3.8) is 0 Å². The molecule has 53 heavy (non-hydrogen) atoms. The third kappa shape index (κ3) is 6.71. The molecule has 2 N–H and O–H groups in total.